The molecule has 7 aromatic carbocycles. The van der Waals surface area contributed by atoms with Crippen molar-refractivity contribution >= 4 is 78.9 Å². The first kappa shape index (κ1) is 29.0. The van der Waals surface area contributed by atoms with E-state index in [2.05, 4.69) is 178 Å². The summed E-state index contributed by atoms with van der Waals surface area (Å²) in [5.74, 6) is 0. The summed E-state index contributed by atoms with van der Waals surface area (Å²) in [6.07, 6.45) is 0. The van der Waals surface area contributed by atoms with Gasteiger partial charge in [0.25, 0.3) is 0 Å². The number of para-hydroxylation sites is 3. The molecule has 4 heterocycles. The SMILES string of the molecule is CC(C)(C)c1ccc(N2B3c4cccc5c4N(c4ccccc4C5(C)C)c4cc5ccccc5c(c43)-c3cc4oc5ccccc5c4cc32)cc1. The minimum absolute atomic E-state index is 0.0459. The Morgan fingerprint density at radius 1 is 0.608 bits per heavy atom. The molecule has 0 saturated heterocycles. The summed E-state index contributed by atoms with van der Waals surface area (Å²) in [5, 5.41) is 4.80. The maximum atomic E-state index is 6.60. The molecule has 51 heavy (non-hydrogen) atoms. The number of fused-ring (bicyclic) bond motifs is 11. The van der Waals surface area contributed by atoms with Crippen molar-refractivity contribution in [2.24, 2.45) is 0 Å². The van der Waals surface area contributed by atoms with E-state index in [1.807, 2.05) is 0 Å². The van der Waals surface area contributed by atoms with E-state index in [0.29, 0.717) is 0 Å². The zero-order chi connectivity index (χ0) is 34.4. The van der Waals surface area contributed by atoms with Gasteiger partial charge in [-0.1, -0.05) is 126 Å². The molecule has 0 fully saturated rings. The van der Waals surface area contributed by atoms with E-state index in [0.717, 1.165) is 21.9 Å². The Morgan fingerprint density at radius 2 is 1.33 bits per heavy atom. The summed E-state index contributed by atoms with van der Waals surface area (Å²) < 4.78 is 6.60. The van der Waals surface area contributed by atoms with Crippen LogP contribution in [0.25, 0.3) is 43.8 Å². The third-order valence-corrected chi connectivity index (χ3v) is 12.0. The van der Waals surface area contributed by atoms with Gasteiger partial charge < -0.3 is 14.1 Å². The zero-order valence-electron chi connectivity index (χ0n) is 29.6. The third kappa shape index (κ3) is 3.75. The van der Waals surface area contributed by atoms with Gasteiger partial charge in [-0.15, -0.1) is 0 Å². The van der Waals surface area contributed by atoms with Crippen molar-refractivity contribution in [3.05, 3.63) is 150 Å². The summed E-state index contributed by atoms with van der Waals surface area (Å²) in [5.41, 5.74) is 17.2. The van der Waals surface area contributed by atoms with Crippen LogP contribution in [-0.4, -0.2) is 6.85 Å². The highest BCUT2D eigenvalue weighted by Gasteiger charge is 2.49. The van der Waals surface area contributed by atoms with Gasteiger partial charge in [0.1, 0.15) is 11.2 Å². The lowest BCUT2D eigenvalue weighted by atomic mass is 9.42. The van der Waals surface area contributed by atoms with Crippen LogP contribution in [0.1, 0.15) is 51.3 Å². The second kappa shape index (κ2) is 9.73. The molecule has 3 nitrogen and oxygen atoms in total. The predicted molar refractivity (Wildman–Crippen MR) is 216 cm³/mol. The van der Waals surface area contributed by atoms with Gasteiger partial charge in [-0.05, 0) is 91.8 Å². The van der Waals surface area contributed by atoms with Crippen molar-refractivity contribution in [3.8, 4) is 11.1 Å². The molecule has 11 rings (SSSR count). The van der Waals surface area contributed by atoms with E-state index in [1.54, 1.807) is 0 Å². The fourth-order valence-corrected chi connectivity index (χ4v) is 9.48. The minimum Gasteiger partial charge on any atom is -0.456 e. The van der Waals surface area contributed by atoms with Gasteiger partial charge in [0.2, 0.25) is 0 Å². The monoisotopic (exact) mass is 656 g/mol. The van der Waals surface area contributed by atoms with Gasteiger partial charge >= 0.3 is 6.85 Å². The Kier molecular flexibility index (Phi) is 5.54. The fraction of sp³-hybridized carbons (Fsp3) is 0.149. The fourth-order valence-electron chi connectivity index (χ4n) is 9.48. The number of hydrogen-bond donors (Lipinski definition) is 0. The molecule has 3 aliphatic heterocycles. The van der Waals surface area contributed by atoms with Gasteiger partial charge in [-0.2, -0.15) is 0 Å². The number of nitrogens with zero attached hydrogens (tertiary/aromatic N) is 2. The van der Waals surface area contributed by atoms with Gasteiger partial charge in [0.15, 0.2) is 0 Å². The second-order valence-corrected chi connectivity index (χ2v) is 16.2. The van der Waals surface area contributed by atoms with E-state index in [9.17, 15) is 0 Å². The van der Waals surface area contributed by atoms with Gasteiger partial charge in [-0.25, -0.2) is 0 Å². The highest BCUT2D eigenvalue weighted by Crippen LogP contribution is 2.56. The molecule has 8 aromatic rings. The standard InChI is InChI=1S/C47H37BN2O/c1-46(2,3)29-21-23-30(24-22-29)50-39-26-33-32-15-8-11-20-41(32)51-42(33)27-34(39)43-31-14-7-6-13-28(31)25-40-44(43)48(50)37-18-12-17-36-45(37)49(40)38-19-10-9-16-35(38)47(36,4)5/h6-27H,1-5H3. The summed E-state index contributed by atoms with van der Waals surface area (Å²) in [6.45, 7) is 11.6. The quantitative estimate of drug-likeness (QED) is 0.164. The highest BCUT2D eigenvalue weighted by atomic mass is 16.3. The third-order valence-electron chi connectivity index (χ3n) is 12.0. The van der Waals surface area contributed by atoms with Crippen LogP contribution in [0.4, 0.5) is 28.4 Å². The van der Waals surface area contributed by atoms with E-state index in [4.69, 9.17) is 4.42 Å². The minimum atomic E-state index is -0.163. The van der Waals surface area contributed by atoms with E-state index < -0.39 is 0 Å². The van der Waals surface area contributed by atoms with Crippen LogP contribution in [0.3, 0.4) is 0 Å². The number of benzene rings is 7. The maximum Gasteiger partial charge on any atom is 0.333 e. The lowest BCUT2D eigenvalue weighted by molar-refractivity contribution is 0.590. The number of hydrogen-bond acceptors (Lipinski definition) is 3. The van der Waals surface area contributed by atoms with Crippen LogP contribution >= 0.6 is 0 Å². The molecule has 4 heteroatoms. The summed E-state index contributed by atoms with van der Waals surface area (Å²) >= 11 is 0. The molecule has 244 valence electrons. The number of rotatable bonds is 1. The molecule has 0 atom stereocenters. The Labute approximate surface area is 298 Å². The molecule has 0 saturated carbocycles. The van der Waals surface area contributed by atoms with E-state index >= 15 is 0 Å². The molecule has 0 amide bonds. The van der Waals surface area contributed by atoms with Crippen molar-refractivity contribution < 1.29 is 4.42 Å². The molecule has 0 spiro atoms. The Balaban J connectivity index is 1.32. The zero-order valence-corrected chi connectivity index (χ0v) is 29.6. The average molecular weight is 657 g/mol. The normalized spacial score (nSPS) is 15.2. The summed E-state index contributed by atoms with van der Waals surface area (Å²) in [4.78, 5) is 5.21. The Bertz CT molecular complexity index is 2780. The van der Waals surface area contributed by atoms with Crippen LogP contribution < -0.4 is 20.6 Å². The van der Waals surface area contributed by atoms with Crippen LogP contribution in [-0.2, 0) is 10.8 Å². The van der Waals surface area contributed by atoms with Crippen LogP contribution in [0.15, 0.2) is 138 Å². The van der Waals surface area contributed by atoms with Crippen LogP contribution in [0.5, 0.6) is 0 Å². The Hall–Kier alpha value is -5.74. The van der Waals surface area contributed by atoms with Crippen molar-refractivity contribution in [1.82, 2.24) is 0 Å². The molecule has 0 unspecified atom stereocenters. The molecule has 1 aromatic heterocycles. The maximum absolute atomic E-state index is 6.60. The highest BCUT2D eigenvalue weighted by molar-refractivity contribution is 6.94. The largest absolute Gasteiger partial charge is 0.456 e. The topological polar surface area (TPSA) is 19.6 Å². The van der Waals surface area contributed by atoms with Gasteiger partial charge in [-0.3, -0.25) is 0 Å². The summed E-state index contributed by atoms with van der Waals surface area (Å²) in [6, 6.07) is 49.9. The molecule has 0 radical (unpaired) electrons. The first-order valence-corrected chi connectivity index (χ1v) is 18.1. The summed E-state index contributed by atoms with van der Waals surface area (Å²) in [7, 11) is 0. The lowest BCUT2D eigenvalue weighted by Gasteiger charge is -2.50. The van der Waals surface area contributed by atoms with Gasteiger partial charge in [0, 0.05) is 44.5 Å². The lowest BCUT2D eigenvalue weighted by Crippen LogP contribution is -2.62. The predicted octanol–water partition coefficient (Wildman–Crippen LogP) is 11.4. The molecular formula is C47H37BN2O. The van der Waals surface area contributed by atoms with Gasteiger partial charge in [0.05, 0.1) is 5.69 Å². The van der Waals surface area contributed by atoms with E-state index in [1.165, 1.54) is 78.0 Å². The van der Waals surface area contributed by atoms with Crippen molar-refractivity contribution in [3.63, 3.8) is 0 Å². The van der Waals surface area contributed by atoms with Crippen LogP contribution in [0, 0.1) is 0 Å². The molecular weight excluding hydrogens is 619 g/mol. The van der Waals surface area contributed by atoms with Crippen molar-refractivity contribution in [2.75, 3.05) is 9.71 Å². The smallest absolute Gasteiger partial charge is 0.333 e. The molecule has 3 aliphatic rings. The molecule has 0 bridgehead atoms. The van der Waals surface area contributed by atoms with Crippen molar-refractivity contribution in [1.29, 1.82) is 0 Å². The van der Waals surface area contributed by atoms with Crippen LogP contribution in [0.2, 0.25) is 0 Å². The molecule has 0 N–H and O–H groups in total. The number of anilines is 5. The first-order chi connectivity index (χ1) is 24.7. The first-order valence-electron chi connectivity index (χ1n) is 18.1. The molecule has 0 aliphatic carbocycles. The van der Waals surface area contributed by atoms with E-state index in [-0.39, 0.29) is 17.7 Å². The second-order valence-electron chi connectivity index (χ2n) is 16.2. The number of furan rings is 1. The average Bonchev–Trinajstić information content (AvgIpc) is 3.50. The van der Waals surface area contributed by atoms with Crippen molar-refractivity contribution in [2.45, 2.75) is 45.4 Å². The Morgan fingerprint density at radius 3 is 2.16 bits per heavy atom.